The highest BCUT2D eigenvalue weighted by atomic mass is 16.5. The van der Waals surface area contributed by atoms with Gasteiger partial charge in [0, 0.05) is 11.8 Å². The lowest BCUT2D eigenvalue weighted by molar-refractivity contribution is -0.152. The third-order valence-corrected chi connectivity index (χ3v) is 4.70. The van der Waals surface area contributed by atoms with Crippen LogP contribution in [0.25, 0.3) is 0 Å². The summed E-state index contributed by atoms with van der Waals surface area (Å²) in [6.45, 7) is 8.12. The molecule has 0 aromatic heterocycles. The fourth-order valence-corrected chi connectivity index (χ4v) is 2.58. The summed E-state index contributed by atoms with van der Waals surface area (Å²) in [5.74, 6) is -0.226. The molecule has 1 rings (SSSR count). The SMILES string of the molecule is CCCCCCC(=O)OCC(=O)[C@@]1(C)CC=CC1(C)C. The highest BCUT2D eigenvalue weighted by molar-refractivity contribution is 5.89. The number of carbonyl (C=O) groups excluding carboxylic acids is 2. The van der Waals surface area contributed by atoms with Crippen molar-refractivity contribution in [2.75, 3.05) is 6.61 Å². The first-order valence-electron chi connectivity index (χ1n) is 7.70. The molecule has 0 aliphatic heterocycles. The lowest BCUT2D eigenvalue weighted by atomic mass is 9.66. The molecule has 0 spiro atoms. The van der Waals surface area contributed by atoms with Gasteiger partial charge in [0.1, 0.15) is 0 Å². The molecule has 0 heterocycles. The smallest absolute Gasteiger partial charge is 0.306 e. The summed E-state index contributed by atoms with van der Waals surface area (Å²) >= 11 is 0. The molecule has 3 heteroatoms. The van der Waals surface area contributed by atoms with Gasteiger partial charge in [0.25, 0.3) is 0 Å². The van der Waals surface area contributed by atoms with Gasteiger partial charge in [-0.25, -0.2) is 0 Å². The first-order chi connectivity index (χ1) is 9.33. The van der Waals surface area contributed by atoms with Crippen molar-refractivity contribution in [1.82, 2.24) is 0 Å². The van der Waals surface area contributed by atoms with Gasteiger partial charge in [0.2, 0.25) is 0 Å². The standard InChI is InChI=1S/C17H28O3/c1-5-6-7-8-10-15(19)20-13-14(18)17(4)12-9-11-16(17,2)3/h9,11H,5-8,10,12-13H2,1-4H3/t17-/m1/s1. The van der Waals surface area contributed by atoms with Crippen LogP contribution in [0.4, 0.5) is 0 Å². The van der Waals surface area contributed by atoms with Crippen LogP contribution in [0, 0.1) is 10.8 Å². The minimum absolute atomic E-state index is 0.0226. The van der Waals surface area contributed by atoms with E-state index in [0.29, 0.717) is 6.42 Å². The Balaban J connectivity index is 2.35. The molecule has 1 atom stereocenters. The maximum Gasteiger partial charge on any atom is 0.306 e. The zero-order chi connectivity index (χ0) is 15.2. The molecule has 0 fully saturated rings. The van der Waals surface area contributed by atoms with E-state index in [1.807, 2.05) is 13.0 Å². The van der Waals surface area contributed by atoms with Crippen LogP contribution >= 0.6 is 0 Å². The number of hydrogen-bond acceptors (Lipinski definition) is 3. The van der Waals surface area contributed by atoms with E-state index < -0.39 is 5.41 Å². The number of hydrogen-bond donors (Lipinski definition) is 0. The number of esters is 1. The second kappa shape index (κ2) is 7.05. The summed E-state index contributed by atoms with van der Waals surface area (Å²) in [5.41, 5.74) is -0.618. The van der Waals surface area contributed by atoms with Crippen molar-refractivity contribution in [2.24, 2.45) is 10.8 Å². The van der Waals surface area contributed by atoms with Gasteiger partial charge in [-0.2, -0.15) is 0 Å². The van der Waals surface area contributed by atoms with Crippen molar-refractivity contribution >= 4 is 11.8 Å². The normalized spacial score (nSPS) is 23.8. The van der Waals surface area contributed by atoms with Crippen LogP contribution in [0.2, 0.25) is 0 Å². The molecular formula is C17H28O3. The van der Waals surface area contributed by atoms with Crippen molar-refractivity contribution in [1.29, 1.82) is 0 Å². The minimum atomic E-state index is -0.449. The van der Waals surface area contributed by atoms with E-state index in [2.05, 4.69) is 26.8 Å². The number of ether oxygens (including phenoxy) is 1. The second-order valence-electron chi connectivity index (χ2n) is 6.55. The number of Topliss-reactive ketones (excluding diaryl/α,β-unsaturated/α-hetero) is 1. The maximum atomic E-state index is 12.3. The first kappa shape index (κ1) is 16.9. The number of carbonyl (C=O) groups is 2. The van der Waals surface area contributed by atoms with Gasteiger partial charge in [-0.1, -0.05) is 59.1 Å². The summed E-state index contributed by atoms with van der Waals surface area (Å²) in [7, 11) is 0. The van der Waals surface area contributed by atoms with Gasteiger partial charge in [-0.05, 0) is 18.3 Å². The van der Waals surface area contributed by atoms with Crippen LogP contribution in [-0.4, -0.2) is 18.4 Å². The molecule has 0 saturated carbocycles. The Morgan fingerprint density at radius 3 is 2.40 bits per heavy atom. The van der Waals surface area contributed by atoms with Crippen LogP contribution in [-0.2, 0) is 14.3 Å². The minimum Gasteiger partial charge on any atom is -0.458 e. The summed E-state index contributed by atoms with van der Waals surface area (Å²) in [6, 6.07) is 0. The number of allylic oxidation sites excluding steroid dienone is 2. The third kappa shape index (κ3) is 3.94. The molecule has 20 heavy (non-hydrogen) atoms. The van der Waals surface area contributed by atoms with E-state index in [0.717, 1.165) is 32.1 Å². The summed E-state index contributed by atoms with van der Waals surface area (Å²) in [4.78, 5) is 23.9. The zero-order valence-electron chi connectivity index (χ0n) is 13.3. The lowest BCUT2D eigenvalue weighted by Crippen LogP contribution is -2.40. The molecule has 0 saturated heterocycles. The largest absolute Gasteiger partial charge is 0.458 e. The molecule has 1 aliphatic carbocycles. The van der Waals surface area contributed by atoms with E-state index >= 15 is 0 Å². The van der Waals surface area contributed by atoms with E-state index in [9.17, 15) is 9.59 Å². The molecule has 0 N–H and O–H groups in total. The number of rotatable bonds is 8. The molecule has 3 nitrogen and oxygen atoms in total. The van der Waals surface area contributed by atoms with Crippen LogP contribution < -0.4 is 0 Å². The molecular weight excluding hydrogens is 252 g/mol. The number of ketones is 1. The van der Waals surface area contributed by atoms with Crippen molar-refractivity contribution in [3.63, 3.8) is 0 Å². The van der Waals surface area contributed by atoms with Crippen molar-refractivity contribution in [3.05, 3.63) is 12.2 Å². The Kier molecular flexibility index (Phi) is 5.97. The van der Waals surface area contributed by atoms with Crippen molar-refractivity contribution < 1.29 is 14.3 Å². The fourth-order valence-electron chi connectivity index (χ4n) is 2.58. The topological polar surface area (TPSA) is 43.4 Å². The van der Waals surface area contributed by atoms with E-state index in [1.54, 1.807) is 0 Å². The lowest BCUT2D eigenvalue weighted by Gasteiger charge is -2.36. The molecule has 1 aliphatic rings. The molecule has 0 bridgehead atoms. The Bertz CT molecular complexity index is 382. The fraction of sp³-hybridized carbons (Fsp3) is 0.765. The molecule has 0 aromatic carbocycles. The van der Waals surface area contributed by atoms with E-state index in [4.69, 9.17) is 4.74 Å². The Labute approximate surface area is 122 Å². The van der Waals surface area contributed by atoms with Crippen LogP contribution in [0.5, 0.6) is 0 Å². The average Bonchev–Trinajstić information content (AvgIpc) is 2.67. The first-order valence-corrected chi connectivity index (χ1v) is 7.70. The molecule has 114 valence electrons. The Morgan fingerprint density at radius 2 is 1.85 bits per heavy atom. The summed E-state index contributed by atoms with van der Waals surface area (Å²) in [6.07, 6.45) is 9.47. The van der Waals surface area contributed by atoms with Crippen LogP contribution in [0.3, 0.4) is 0 Å². The highest BCUT2D eigenvalue weighted by Gasteiger charge is 2.47. The van der Waals surface area contributed by atoms with Gasteiger partial charge in [-0.15, -0.1) is 0 Å². The maximum absolute atomic E-state index is 12.3. The van der Waals surface area contributed by atoms with Crippen LogP contribution in [0.1, 0.15) is 66.2 Å². The van der Waals surface area contributed by atoms with Gasteiger partial charge < -0.3 is 4.74 Å². The quantitative estimate of drug-likeness (QED) is 0.382. The van der Waals surface area contributed by atoms with Crippen LogP contribution in [0.15, 0.2) is 12.2 Å². The third-order valence-electron chi connectivity index (χ3n) is 4.70. The highest BCUT2D eigenvalue weighted by Crippen LogP contribution is 2.48. The Hall–Kier alpha value is -1.12. The summed E-state index contributed by atoms with van der Waals surface area (Å²) < 4.78 is 5.14. The zero-order valence-corrected chi connectivity index (χ0v) is 13.3. The van der Waals surface area contributed by atoms with Gasteiger partial charge in [0.05, 0.1) is 0 Å². The van der Waals surface area contributed by atoms with E-state index in [1.165, 1.54) is 0 Å². The molecule has 0 amide bonds. The molecule has 0 unspecified atom stereocenters. The van der Waals surface area contributed by atoms with Gasteiger partial charge in [-0.3, -0.25) is 9.59 Å². The predicted molar refractivity (Wildman–Crippen MR) is 80.4 cm³/mol. The molecule has 0 aromatic rings. The average molecular weight is 280 g/mol. The Morgan fingerprint density at radius 1 is 1.15 bits per heavy atom. The van der Waals surface area contributed by atoms with Gasteiger partial charge in [0.15, 0.2) is 12.4 Å². The van der Waals surface area contributed by atoms with Crippen molar-refractivity contribution in [2.45, 2.75) is 66.2 Å². The van der Waals surface area contributed by atoms with Gasteiger partial charge >= 0.3 is 5.97 Å². The van der Waals surface area contributed by atoms with Crippen molar-refractivity contribution in [3.8, 4) is 0 Å². The summed E-state index contributed by atoms with van der Waals surface area (Å²) in [5, 5.41) is 0. The monoisotopic (exact) mass is 280 g/mol. The molecule has 0 radical (unpaired) electrons. The second-order valence-corrected chi connectivity index (χ2v) is 6.55. The van der Waals surface area contributed by atoms with E-state index in [-0.39, 0.29) is 23.8 Å². The number of unbranched alkanes of at least 4 members (excludes halogenated alkanes) is 3. The predicted octanol–water partition coefficient (Wildman–Crippen LogP) is 4.06.